The number of carbonyl (C=O) groups excluding carboxylic acids is 1. The molecule has 1 aromatic rings. The van der Waals surface area contributed by atoms with Crippen LogP contribution in [0.1, 0.15) is 6.42 Å². The Kier molecular flexibility index (Phi) is 6.99. The summed E-state index contributed by atoms with van der Waals surface area (Å²) in [5.41, 5.74) is 0. The minimum Gasteiger partial charge on any atom is -0.355 e. The third kappa shape index (κ3) is 6.46. The van der Waals surface area contributed by atoms with Crippen molar-refractivity contribution >= 4 is 17.7 Å². The summed E-state index contributed by atoms with van der Waals surface area (Å²) in [4.78, 5) is 15.1. The van der Waals surface area contributed by atoms with Gasteiger partial charge in [-0.05, 0) is 24.3 Å². The Morgan fingerprint density at radius 3 is 2.71 bits per heavy atom. The van der Waals surface area contributed by atoms with E-state index in [2.05, 4.69) is 15.5 Å². The molecule has 0 atom stereocenters. The van der Waals surface area contributed by atoms with E-state index in [1.165, 1.54) is 12.1 Å². The minimum atomic E-state index is -0.231. The number of nitrogens with one attached hydrogen (secondary N) is 2. The van der Waals surface area contributed by atoms with Crippen molar-refractivity contribution in [3.8, 4) is 0 Å². The molecule has 1 aromatic carbocycles. The van der Waals surface area contributed by atoms with E-state index in [-0.39, 0.29) is 11.7 Å². The molecule has 2 rings (SSSR count). The summed E-state index contributed by atoms with van der Waals surface area (Å²) in [6, 6.07) is 6.36. The van der Waals surface area contributed by atoms with Crippen LogP contribution in [0.15, 0.2) is 29.2 Å². The van der Waals surface area contributed by atoms with E-state index in [1.807, 2.05) is 0 Å². The highest BCUT2D eigenvalue weighted by atomic mass is 32.2. The molecular weight excluding hydrogens is 289 g/mol. The highest BCUT2D eigenvalue weighted by molar-refractivity contribution is 7.99. The molecule has 0 bridgehead atoms. The number of hydrogen-bond donors (Lipinski definition) is 2. The molecule has 0 saturated carbocycles. The Morgan fingerprint density at radius 2 is 2.00 bits per heavy atom. The number of thioether (sulfide) groups is 1. The van der Waals surface area contributed by atoms with Crippen LogP contribution in [-0.4, -0.2) is 55.8 Å². The summed E-state index contributed by atoms with van der Waals surface area (Å²) >= 11 is 1.57. The van der Waals surface area contributed by atoms with Crippen molar-refractivity contribution in [1.29, 1.82) is 0 Å². The molecule has 1 heterocycles. The first kappa shape index (κ1) is 16.3. The van der Waals surface area contributed by atoms with Crippen LogP contribution in [0.5, 0.6) is 0 Å². The smallest absolute Gasteiger partial charge is 0.220 e. The van der Waals surface area contributed by atoms with Crippen LogP contribution in [0.25, 0.3) is 0 Å². The molecule has 2 N–H and O–H groups in total. The van der Waals surface area contributed by atoms with Crippen molar-refractivity contribution in [2.45, 2.75) is 11.3 Å². The van der Waals surface area contributed by atoms with E-state index < -0.39 is 0 Å². The number of benzene rings is 1. The van der Waals surface area contributed by atoms with Gasteiger partial charge < -0.3 is 10.6 Å². The molecular formula is C15H22FN3OS. The first-order chi connectivity index (χ1) is 10.2. The number of rotatable bonds is 7. The van der Waals surface area contributed by atoms with Crippen LogP contribution < -0.4 is 10.6 Å². The molecule has 1 saturated heterocycles. The van der Waals surface area contributed by atoms with Gasteiger partial charge in [-0.1, -0.05) is 0 Å². The predicted molar refractivity (Wildman–Crippen MR) is 84.1 cm³/mol. The third-order valence-electron chi connectivity index (χ3n) is 3.37. The van der Waals surface area contributed by atoms with Gasteiger partial charge >= 0.3 is 0 Å². The van der Waals surface area contributed by atoms with Crippen LogP contribution in [0.4, 0.5) is 4.39 Å². The van der Waals surface area contributed by atoms with Crippen molar-refractivity contribution in [1.82, 2.24) is 15.5 Å². The molecule has 1 aliphatic heterocycles. The Balaban J connectivity index is 1.54. The first-order valence-corrected chi connectivity index (χ1v) is 8.31. The van der Waals surface area contributed by atoms with Crippen molar-refractivity contribution in [3.63, 3.8) is 0 Å². The zero-order valence-corrected chi connectivity index (χ0v) is 12.9. The normalized spacial score (nSPS) is 15.9. The molecule has 21 heavy (non-hydrogen) atoms. The lowest BCUT2D eigenvalue weighted by Crippen LogP contribution is -2.46. The quantitative estimate of drug-likeness (QED) is 0.746. The van der Waals surface area contributed by atoms with E-state index >= 15 is 0 Å². The van der Waals surface area contributed by atoms with Crippen molar-refractivity contribution in [3.05, 3.63) is 30.1 Å². The number of amides is 1. The SMILES string of the molecule is O=C(CCSc1ccc(F)cc1)NCCN1CCNCC1. The van der Waals surface area contributed by atoms with Gasteiger partial charge in [0.05, 0.1) is 0 Å². The molecule has 6 heteroatoms. The molecule has 116 valence electrons. The van der Waals surface area contributed by atoms with E-state index in [1.54, 1.807) is 23.9 Å². The molecule has 4 nitrogen and oxygen atoms in total. The Labute approximate surface area is 129 Å². The van der Waals surface area contributed by atoms with E-state index in [9.17, 15) is 9.18 Å². The summed E-state index contributed by atoms with van der Waals surface area (Å²) < 4.78 is 12.7. The van der Waals surface area contributed by atoms with Gasteiger partial charge in [0.15, 0.2) is 0 Å². The van der Waals surface area contributed by atoms with Gasteiger partial charge in [-0.3, -0.25) is 9.69 Å². The Hall–Kier alpha value is -1.11. The number of carbonyl (C=O) groups is 1. The van der Waals surface area contributed by atoms with E-state index in [0.717, 1.165) is 37.6 Å². The first-order valence-electron chi connectivity index (χ1n) is 7.32. The zero-order valence-electron chi connectivity index (χ0n) is 12.1. The van der Waals surface area contributed by atoms with Crippen molar-refractivity contribution in [2.24, 2.45) is 0 Å². The summed E-state index contributed by atoms with van der Waals surface area (Å²) in [6.45, 7) is 5.79. The fourth-order valence-electron chi connectivity index (χ4n) is 2.17. The predicted octanol–water partition coefficient (Wildman–Crippen LogP) is 1.33. The molecule has 0 aliphatic carbocycles. The lowest BCUT2D eigenvalue weighted by Gasteiger charge is -2.27. The fourth-order valence-corrected chi connectivity index (χ4v) is 3.02. The second-order valence-electron chi connectivity index (χ2n) is 4.99. The van der Waals surface area contributed by atoms with Crippen molar-refractivity contribution in [2.75, 3.05) is 45.0 Å². The average Bonchev–Trinajstić information content (AvgIpc) is 2.50. The second kappa shape index (κ2) is 9.02. The lowest BCUT2D eigenvalue weighted by molar-refractivity contribution is -0.120. The summed E-state index contributed by atoms with van der Waals surface area (Å²) in [5.74, 6) is 0.565. The number of nitrogens with zero attached hydrogens (tertiary/aromatic N) is 1. The van der Waals surface area contributed by atoms with Crippen LogP contribution in [0.3, 0.4) is 0 Å². The summed E-state index contributed by atoms with van der Waals surface area (Å²) in [6.07, 6.45) is 0.490. The highest BCUT2D eigenvalue weighted by Gasteiger charge is 2.09. The van der Waals surface area contributed by atoms with Gasteiger partial charge in [0.25, 0.3) is 0 Å². The van der Waals surface area contributed by atoms with Gasteiger partial charge in [-0.25, -0.2) is 4.39 Å². The van der Waals surface area contributed by atoms with Crippen LogP contribution in [0, 0.1) is 5.82 Å². The van der Waals surface area contributed by atoms with E-state index in [4.69, 9.17) is 0 Å². The van der Waals surface area contributed by atoms with Crippen LogP contribution in [0.2, 0.25) is 0 Å². The van der Waals surface area contributed by atoms with E-state index in [0.29, 0.717) is 18.7 Å². The standard InChI is InChI=1S/C15H22FN3OS/c16-13-1-3-14(4-2-13)21-12-5-15(20)18-8-11-19-9-6-17-7-10-19/h1-4,17H,5-12H2,(H,18,20). The highest BCUT2D eigenvalue weighted by Crippen LogP contribution is 2.18. The topological polar surface area (TPSA) is 44.4 Å². The molecule has 0 aromatic heterocycles. The van der Waals surface area contributed by atoms with Gasteiger partial charge in [0.1, 0.15) is 5.82 Å². The maximum absolute atomic E-state index is 12.7. The monoisotopic (exact) mass is 311 g/mol. The number of halogens is 1. The molecule has 0 unspecified atom stereocenters. The third-order valence-corrected chi connectivity index (χ3v) is 4.39. The average molecular weight is 311 g/mol. The van der Waals surface area contributed by atoms with Gasteiger partial charge in [0, 0.05) is 56.3 Å². The van der Waals surface area contributed by atoms with Gasteiger partial charge in [-0.2, -0.15) is 0 Å². The molecule has 0 radical (unpaired) electrons. The van der Waals surface area contributed by atoms with Crippen molar-refractivity contribution < 1.29 is 9.18 Å². The number of piperazine rings is 1. The maximum Gasteiger partial charge on any atom is 0.220 e. The summed E-state index contributed by atoms with van der Waals surface area (Å²) in [7, 11) is 0. The number of hydrogen-bond acceptors (Lipinski definition) is 4. The Bertz CT molecular complexity index is 435. The van der Waals surface area contributed by atoms with Gasteiger partial charge in [0.2, 0.25) is 5.91 Å². The molecule has 1 fully saturated rings. The Morgan fingerprint density at radius 1 is 1.29 bits per heavy atom. The van der Waals surface area contributed by atoms with Crippen LogP contribution in [-0.2, 0) is 4.79 Å². The lowest BCUT2D eigenvalue weighted by atomic mass is 10.3. The fraction of sp³-hybridized carbons (Fsp3) is 0.533. The van der Waals surface area contributed by atoms with Gasteiger partial charge in [-0.15, -0.1) is 11.8 Å². The molecule has 1 amide bonds. The zero-order chi connectivity index (χ0) is 14.9. The molecule has 1 aliphatic rings. The summed E-state index contributed by atoms with van der Waals surface area (Å²) in [5, 5.41) is 6.26. The minimum absolute atomic E-state index is 0.0831. The van der Waals surface area contributed by atoms with Crippen LogP contribution >= 0.6 is 11.8 Å². The largest absolute Gasteiger partial charge is 0.355 e. The second-order valence-corrected chi connectivity index (χ2v) is 6.16. The molecule has 0 spiro atoms. The maximum atomic E-state index is 12.7.